The van der Waals surface area contributed by atoms with E-state index in [1.54, 1.807) is 24.3 Å². The number of hydrogen-bond acceptors (Lipinski definition) is 3. The molecule has 0 saturated carbocycles. The summed E-state index contributed by atoms with van der Waals surface area (Å²) in [7, 11) is 0. The lowest BCUT2D eigenvalue weighted by atomic mass is 9.91. The van der Waals surface area contributed by atoms with Crippen molar-refractivity contribution in [3.63, 3.8) is 0 Å². The fraction of sp³-hybridized carbons (Fsp3) is 0.130. The molecular weight excluding hydrogens is 366 g/mol. The van der Waals surface area contributed by atoms with Gasteiger partial charge < -0.3 is 10.1 Å². The maximum Gasteiger partial charge on any atom is 0.337 e. The van der Waals surface area contributed by atoms with Crippen LogP contribution in [0.25, 0.3) is 0 Å². The second-order valence-electron chi connectivity index (χ2n) is 6.28. The van der Waals surface area contributed by atoms with Crippen LogP contribution in [0.3, 0.4) is 0 Å². The molecule has 0 saturated heterocycles. The third-order valence-electron chi connectivity index (χ3n) is 4.25. The Morgan fingerprint density at radius 2 is 1.34 bits per heavy atom. The van der Waals surface area contributed by atoms with E-state index in [0.717, 1.165) is 16.9 Å². The average Bonchev–Trinajstić information content (AvgIpc) is 2.76. The van der Waals surface area contributed by atoms with Gasteiger partial charge in [0.1, 0.15) is 5.75 Å². The van der Waals surface area contributed by atoms with Crippen molar-refractivity contribution >= 4 is 17.6 Å². The first-order chi connectivity index (χ1) is 14.2. The number of anilines is 1. The van der Waals surface area contributed by atoms with Crippen LogP contribution in [-0.4, -0.2) is 18.5 Å². The zero-order valence-corrected chi connectivity index (χ0v) is 16.1. The zero-order chi connectivity index (χ0) is 20.5. The largest absolute Gasteiger partial charge is 0.494 e. The van der Waals surface area contributed by atoms with Crippen molar-refractivity contribution in [2.24, 2.45) is 0 Å². The summed E-state index contributed by atoms with van der Waals surface area (Å²) in [6.07, 6.45) is 0. The predicted octanol–water partition coefficient (Wildman–Crippen LogP) is 4.07. The molecule has 0 radical (unpaired) electrons. The number of amides is 3. The Hall–Kier alpha value is -3.80. The molecular formula is C23H23N3O3. The minimum atomic E-state index is -0.539. The molecule has 0 aliphatic heterocycles. The van der Waals surface area contributed by atoms with Crippen molar-refractivity contribution in [2.75, 3.05) is 11.9 Å². The molecule has 148 valence electrons. The van der Waals surface area contributed by atoms with Gasteiger partial charge in [-0.05, 0) is 42.3 Å². The summed E-state index contributed by atoms with van der Waals surface area (Å²) in [6, 6.07) is 25.3. The Morgan fingerprint density at radius 1 is 0.793 bits per heavy atom. The highest BCUT2D eigenvalue weighted by Gasteiger charge is 2.22. The van der Waals surface area contributed by atoms with Crippen molar-refractivity contribution in [2.45, 2.75) is 12.8 Å². The quantitative estimate of drug-likeness (QED) is 0.556. The highest BCUT2D eigenvalue weighted by molar-refractivity contribution is 5.93. The third-order valence-corrected chi connectivity index (χ3v) is 4.25. The SMILES string of the molecule is CCOc1ccc(NC(=O)NNC(=O)C(c2ccccc2)c2ccccc2)cc1. The van der Waals surface area contributed by atoms with Crippen molar-refractivity contribution in [1.82, 2.24) is 10.9 Å². The molecule has 3 N–H and O–H groups in total. The molecule has 0 heterocycles. The van der Waals surface area contributed by atoms with Crippen LogP contribution < -0.4 is 20.9 Å². The van der Waals surface area contributed by atoms with Crippen LogP contribution in [0.1, 0.15) is 24.0 Å². The highest BCUT2D eigenvalue weighted by Crippen LogP contribution is 2.24. The van der Waals surface area contributed by atoms with E-state index in [9.17, 15) is 9.59 Å². The standard InChI is InChI=1S/C23H23N3O3/c1-2-29-20-15-13-19(14-16-20)24-23(28)26-25-22(27)21(17-9-5-3-6-10-17)18-11-7-4-8-12-18/h3-16,21H,2H2,1H3,(H,25,27)(H2,24,26,28). The lowest BCUT2D eigenvalue weighted by Gasteiger charge is -2.18. The van der Waals surface area contributed by atoms with Gasteiger partial charge in [0.05, 0.1) is 12.5 Å². The van der Waals surface area contributed by atoms with Gasteiger partial charge in [0.25, 0.3) is 0 Å². The van der Waals surface area contributed by atoms with E-state index in [-0.39, 0.29) is 5.91 Å². The molecule has 3 aromatic rings. The number of hydrazine groups is 1. The number of rotatable bonds is 6. The second-order valence-corrected chi connectivity index (χ2v) is 6.28. The molecule has 29 heavy (non-hydrogen) atoms. The Labute approximate surface area is 169 Å². The van der Waals surface area contributed by atoms with Gasteiger partial charge in [-0.2, -0.15) is 0 Å². The van der Waals surface area contributed by atoms with E-state index in [0.29, 0.717) is 12.3 Å². The molecule has 3 amide bonds. The normalized spacial score (nSPS) is 10.3. The van der Waals surface area contributed by atoms with Crippen molar-refractivity contribution < 1.29 is 14.3 Å². The van der Waals surface area contributed by atoms with Crippen LogP contribution in [0.2, 0.25) is 0 Å². The number of hydrogen-bond donors (Lipinski definition) is 3. The Kier molecular flexibility index (Phi) is 6.84. The van der Waals surface area contributed by atoms with Gasteiger partial charge in [-0.1, -0.05) is 60.7 Å². The molecule has 0 atom stereocenters. The summed E-state index contributed by atoms with van der Waals surface area (Å²) >= 11 is 0. The zero-order valence-electron chi connectivity index (χ0n) is 16.1. The van der Waals surface area contributed by atoms with E-state index in [4.69, 9.17) is 4.74 Å². The molecule has 0 fully saturated rings. The summed E-state index contributed by atoms with van der Waals surface area (Å²) in [5, 5.41) is 2.66. The summed E-state index contributed by atoms with van der Waals surface area (Å²) in [6.45, 7) is 2.48. The minimum absolute atomic E-state index is 0.329. The second kappa shape index (κ2) is 9.94. The van der Waals surface area contributed by atoms with Crippen molar-refractivity contribution in [3.8, 4) is 5.75 Å². The first-order valence-electron chi connectivity index (χ1n) is 9.37. The number of carbonyl (C=O) groups excluding carboxylic acids is 2. The minimum Gasteiger partial charge on any atom is -0.494 e. The van der Waals surface area contributed by atoms with Crippen LogP contribution in [0.5, 0.6) is 5.75 Å². The van der Waals surface area contributed by atoms with Crippen LogP contribution in [0.15, 0.2) is 84.9 Å². The first kappa shape index (κ1) is 19.9. The van der Waals surface area contributed by atoms with Crippen molar-refractivity contribution in [1.29, 1.82) is 0 Å². The average molecular weight is 389 g/mol. The predicted molar refractivity (Wildman–Crippen MR) is 113 cm³/mol. The monoisotopic (exact) mass is 389 g/mol. The van der Waals surface area contributed by atoms with Crippen LogP contribution >= 0.6 is 0 Å². The lowest BCUT2D eigenvalue weighted by molar-refractivity contribution is -0.122. The summed E-state index contributed by atoms with van der Waals surface area (Å²) in [5.41, 5.74) is 7.18. The van der Waals surface area contributed by atoms with Gasteiger partial charge in [0, 0.05) is 5.69 Å². The first-order valence-corrected chi connectivity index (χ1v) is 9.37. The van der Waals surface area contributed by atoms with E-state index in [2.05, 4.69) is 16.2 Å². The van der Waals surface area contributed by atoms with E-state index >= 15 is 0 Å². The fourth-order valence-corrected chi connectivity index (χ4v) is 2.94. The summed E-state index contributed by atoms with van der Waals surface area (Å²) < 4.78 is 5.37. The molecule has 3 aromatic carbocycles. The molecule has 0 aliphatic carbocycles. The number of nitrogens with one attached hydrogen (secondary N) is 3. The fourth-order valence-electron chi connectivity index (χ4n) is 2.94. The third kappa shape index (κ3) is 5.59. The molecule has 0 aliphatic rings. The van der Waals surface area contributed by atoms with Gasteiger partial charge >= 0.3 is 6.03 Å². The maximum absolute atomic E-state index is 12.8. The number of benzene rings is 3. The smallest absolute Gasteiger partial charge is 0.337 e. The Bertz CT molecular complexity index is 889. The van der Waals surface area contributed by atoms with E-state index in [1.807, 2.05) is 67.6 Å². The van der Waals surface area contributed by atoms with Crippen LogP contribution in [0, 0.1) is 0 Å². The Morgan fingerprint density at radius 3 is 1.86 bits per heavy atom. The summed E-state index contributed by atoms with van der Waals surface area (Å²) in [5.74, 6) is -0.146. The number of ether oxygens (including phenoxy) is 1. The van der Waals surface area contributed by atoms with Gasteiger partial charge in [0.15, 0.2) is 0 Å². The topological polar surface area (TPSA) is 79.5 Å². The molecule has 0 bridgehead atoms. The van der Waals surface area contributed by atoms with E-state index in [1.165, 1.54) is 0 Å². The van der Waals surface area contributed by atoms with Gasteiger partial charge in [0.2, 0.25) is 5.91 Å². The highest BCUT2D eigenvalue weighted by atomic mass is 16.5. The van der Waals surface area contributed by atoms with Crippen LogP contribution in [-0.2, 0) is 4.79 Å². The van der Waals surface area contributed by atoms with Gasteiger partial charge in [-0.15, -0.1) is 0 Å². The molecule has 0 spiro atoms. The number of carbonyl (C=O) groups is 2. The molecule has 0 aromatic heterocycles. The maximum atomic E-state index is 12.8. The molecule has 3 rings (SSSR count). The van der Waals surface area contributed by atoms with Gasteiger partial charge in [-0.3, -0.25) is 10.2 Å². The summed E-state index contributed by atoms with van der Waals surface area (Å²) in [4.78, 5) is 25.0. The van der Waals surface area contributed by atoms with Crippen molar-refractivity contribution in [3.05, 3.63) is 96.1 Å². The lowest BCUT2D eigenvalue weighted by Crippen LogP contribution is -2.46. The van der Waals surface area contributed by atoms with E-state index < -0.39 is 11.9 Å². The number of urea groups is 1. The van der Waals surface area contributed by atoms with Crippen LogP contribution in [0.4, 0.5) is 10.5 Å². The Balaban J connectivity index is 1.63. The molecule has 0 unspecified atom stereocenters. The molecule has 6 nitrogen and oxygen atoms in total. The van der Waals surface area contributed by atoms with Gasteiger partial charge in [-0.25, -0.2) is 10.2 Å². The molecule has 6 heteroatoms.